The molecule has 0 aliphatic carbocycles. The Morgan fingerprint density at radius 3 is 3.21 bits per heavy atom. The van der Waals surface area contributed by atoms with E-state index in [0.29, 0.717) is 6.42 Å². The highest BCUT2D eigenvalue weighted by atomic mass is 16.5. The van der Waals surface area contributed by atoms with Crippen molar-refractivity contribution in [3.8, 4) is 6.07 Å². The Morgan fingerprint density at radius 2 is 2.50 bits per heavy atom. The average Bonchev–Trinajstić information content (AvgIpc) is 2.68. The first-order valence-corrected chi connectivity index (χ1v) is 4.82. The molecule has 3 nitrogen and oxygen atoms in total. The van der Waals surface area contributed by atoms with E-state index >= 15 is 0 Å². The summed E-state index contributed by atoms with van der Waals surface area (Å²) in [4.78, 5) is 4.06. The zero-order valence-corrected chi connectivity index (χ0v) is 7.89. The molecule has 0 amide bonds. The van der Waals surface area contributed by atoms with Crippen molar-refractivity contribution in [2.24, 2.45) is 0 Å². The lowest BCUT2D eigenvalue weighted by Gasteiger charge is -2.10. The molecule has 0 aromatic carbocycles. The van der Waals surface area contributed by atoms with E-state index < -0.39 is 0 Å². The molecule has 1 aromatic heterocycles. The van der Waals surface area contributed by atoms with E-state index in [-0.39, 0.29) is 12.2 Å². The third kappa shape index (κ3) is 1.91. The van der Waals surface area contributed by atoms with Gasteiger partial charge in [-0.25, -0.2) is 0 Å². The molecule has 0 saturated carbocycles. The number of hydrogen-bond donors (Lipinski definition) is 0. The molecule has 2 atom stereocenters. The minimum Gasteiger partial charge on any atom is -0.369 e. The lowest BCUT2D eigenvalue weighted by atomic mass is 10.1. The normalized spacial score (nSPS) is 25.9. The molecule has 0 spiro atoms. The highest BCUT2D eigenvalue weighted by Crippen LogP contribution is 2.33. The molecule has 2 rings (SSSR count). The molecule has 2 heterocycles. The van der Waals surface area contributed by atoms with Gasteiger partial charge in [-0.2, -0.15) is 5.26 Å². The second-order valence-electron chi connectivity index (χ2n) is 3.47. The van der Waals surface area contributed by atoms with E-state index in [2.05, 4.69) is 11.1 Å². The van der Waals surface area contributed by atoms with Crippen LogP contribution in [0.25, 0.3) is 0 Å². The van der Waals surface area contributed by atoms with E-state index in [1.54, 1.807) is 6.20 Å². The number of hydrogen-bond acceptors (Lipinski definition) is 3. The first kappa shape index (κ1) is 9.17. The smallest absolute Gasteiger partial charge is 0.0845 e. The second kappa shape index (κ2) is 4.21. The molecular formula is C11H12N2O. The molecule has 0 bridgehead atoms. The Balaban J connectivity index is 2.00. The molecule has 1 aliphatic rings. The van der Waals surface area contributed by atoms with Crippen LogP contribution in [0.3, 0.4) is 0 Å². The lowest BCUT2D eigenvalue weighted by molar-refractivity contribution is 0.0474. The summed E-state index contributed by atoms with van der Waals surface area (Å²) in [7, 11) is 0. The average molecular weight is 188 g/mol. The van der Waals surface area contributed by atoms with Gasteiger partial charge in [-0.05, 0) is 24.5 Å². The minimum atomic E-state index is 0.116. The maximum absolute atomic E-state index is 8.54. The van der Waals surface area contributed by atoms with Crippen molar-refractivity contribution in [2.45, 2.75) is 31.5 Å². The van der Waals surface area contributed by atoms with Gasteiger partial charge in [0.2, 0.25) is 0 Å². The van der Waals surface area contributed by atoms with Crippen molar-refractivity contribution >= 4 is 0 Å². The quantitative estimate of drug-likeness (QED) is 0.714. The van der Waals surface area contributed by atoms with Crippen molar-refractivity contribution in [3.63, 3.8) is 0 Å². The first-order valence-electron chi connectivity index (χ1n) is 4.82. The summed E-state index contributed by atoms with van der Waals surface area (Å²) in [6, 6.07) is 6.07. The predicted molar refractivity (Wildman–Crippen MR) is 51.3 cm³/mol. The zero-order chi connectivity index (χ0) is 9.80. The maximum atomic E-state index is 8.54. The first-order chi connectivity index (χ1) is 6.90. The predicted octanol–water partition coefficient (Wildman–Crippen LogP) is 2.22. The van der Waals surface area contributed by atoms with Gasteiger partial charge < -0.3 is 4.74 Å². The van der Waals surface area contributed by atoms with Crippen molar-refractivity contribution in [1.82, 2.24) is 4.98 Å². The molecule has 3 heteroatoms. The third-order valence-corrected chi connectivity index (χ3v) is 2.48. The van der Waals surface area contributed by atoms with E-state index in [4.69, 9.17) is 10.00 Å². The van der Waals surface area contributed by atoms with Crippen LogP contribution in [0.4, 0.5) is 0 Å². The molecule has 0 N–H and O–H groups in total. The number of rotatable bonds is 2. The third-order valence-electron chi connectivity index (χ3n) is 2.48. The number of pyridine rings is 1. The summed E-state index contributed by atoms with van der Waals surface area (Å²) in [6.45, 7) is 0. The molecule has 14 heavy (non-hydrogen) atoms. The largest absolute Gasteiger partial charge is 0.369 e. The summed E-state index contributed by atoms with van der Waals surface area (Å²) in [5.41, 5.74) is 1.12. The van der Waals surface area contributed by atoms with Crippen molar-refractivity contribution < 1.29 is 4.74 Å². The molecule has 0 radical (unpaired) electrons. The number of nitriles is 1. The number of ether oxygens (including phenoxy) is 1. The Bertz CT molecular complexity index is 331. The van der Waals surface area contributed by atoms with Crippen LogP contribution in [0.2, 0.25) is 0 Å². The van der Waals surface area contributed by atoms with Crippen molar-refractivity contribution in [3.05, 3.63) is 30.1 Å². The standard InChI is InChI=1S/C11H12N2O/c12-6-5-10-3-4-11(14-10)9-2-1-7-13-8-9/h1-2,7-8,10-11H,3-5H2. The van der Waals surface area contributed by atoms with Crippen LogP contribution in [0.1, 0.15) is 30.9 Å². The van der Waals surface area contributed by atoms with E-state index in [1.807, 2.05) is 18.3 Å². The van der Waals surface area contributed by atoms with Gasteiger partial charge >= 0.3 is 0 Å². The van der Waals surface area contributed by atoms with Gasteiger partial charge in [0, 0.05) is 12.4 Å². The van der Waals surface area contributed by atoms with Crippen molar-refractivity contribution in [1.29, 1.82) is 5.26 Å². The van der Waals surface area contributed by atoms with Crippen LogP contribution in [-0.2, 0) is 4.74 Å². The van der Waals surface area contributed by atoms with E-state index in [0.717, 1.165) is 18.4 Å². The van der Waals surface area contributed by atoms with Gasteiger partial charge in [0.1, 0.15) is 0 Å². The summed E-state index contributed by atoms with van der Waals surface area (Å²) in [6.07, 6.45) is 6.32. The number of aromatic nitrogens is 1. The summed E-state index contributed by atoms with van der Waals surface area (Å²) >= 11 is 0. The van der Waals surface area contributed by atoms with Gasteiger partial charge in [0.15, 0.2) is 0 Å². The van der Waals surface area contributed by atoms with Crippen LogP contribution in [0.15, 0.2) is 24.5 Å². The van der Waals surface area contributed by atoms with Crippen LogP contribution >= 0.6 is 0 Å². The second-order valence-corrected chi connectivity index (χ2v) is 3.47. The van der Waals surface area contributed by atoms with Crippen LogP contribution in [-0.4, -0.2) is 11.1 Å². The molecule has 2 unspecified atom stereocenters. The highest BCUT2D eigenvalue weighted by molar-refractivity contribution is 5.13. The maximum Gasteiger partial charge on any atom is 0.0845 e. The van der Waals surface area contributed by atoms with E-state index in [1.165, 1.54) is 0 Å². The molecule has 1 fully saturated rings. The Labute approximate surface area is 83.3 Å². The van der Waals surface area contributed by atoms with Gasteiger partial charge in [-0.3, -0.25) is 4.98 Å². The summed E-state index contributed by atoms with van der Waals surface area (Å²) in [5, 5.41) is 8.54. The van der Waals surface area contributed by atoms with Crippen LogP contribution in [0.5, 0.6) is 0 Å². The fourth-order valence-corrected chi connectivity index (χ4v) is 1.77. The molecule has 72 valence electrons. The molecule has 1 aromatic rings. The topological polar surface area (TPSA) is 45.9 Å². The van der Waals surface area contributed by atoms with Crippen LogP contribution < -0.4 is 0 Å². The Morgan fingerprint density at radius 1 is 1.57 bits per heavy atom. The summed E-state index contributed by atoms with van der Waals surface area (Å²) in [5.74, 6) is 0. The summed E-state index contributed by atoms with van der Waals surface area (Å²) < 4.78 is 5.73. The van der Waals surface area contributed by atoms with E-state index in [9.17, 15) is 0 Å². The SMILES string of the molecule is N#CCC1CCC(c2cccnc2)O1. The van der Waals surface area contributed by atoms with Crippen LogP contribution in [0, 0.1) is 11.3 Å². The molecule has 1 aliphatic heterocycles. The fourth-order valence-electron chi connectivity index (χ4n) is 1.77. The Kier molecular flexibility index (Phi) is 2.76. The fraction of sp³-hybridized carbons (Fsp3) is 0.455. The van der Waals surface area contributed by atoms with Gasteiger partial charge in [-0.15, -0.1) is 0 Å². The Hall–Kier alpha value is -1.40. The van der Waals surface area contributed by atoms with Gasteiger partial charge in [0.05, 0.1) is 24.7 Å². The lowest BCUT2D eigenvalue weighted by Crippen LogP contribution is -2.05. The van der Waals surface area contributed by atoms with Gasteiger partial charge in [-0.1, -0.05) is 6.07 Å². The highest BCUT2D eigenvalue weighted by Gasteiger charge is 2.26. The monoisotopic (exact) mass is 188 g/mol. The molecule has 1 saturated heterocycles. The zero-order valence-electron chi connectivity index (χ0n) is 7.89. The van der Waals surface area contributed by atoms with Crippen molar-refractivity contribution in [2.75, 3.05) is 0 Å². The number of nitrogens with zero attached hydrogens (tertiary/aromatic N) is 2. The van der Waals surface area contributed by atoms with Gasteiger partial charge in [0.25, 0.3) is 0 Å². The minimum absolute atomic E-state index is 0.116. The molecular weight excluding hydrogens is 176 g/mol.